The fourth-order valence-electron chi connectivity index (χ4n) is 2.37. The maximum atomic E-state index is 12.5. The van der Waals surface area contributed by atoms with Crippen molar-refractivity contribution in [3.63, 3.8) is 0 Å². The number of nitrogens with zero attached hydrogens (tertiary/aromatic N) is 1. The topological polar surface area (TPSA) is 33.7 Å². The van der Waals surface area contributed by atoms with Crippen LogP contribution in [0.5, 0.6) is 11.5 Å². The SMILES string of the molecule is COc1cc(CNCCN(C)c2ccccc2)cc(Br)c1OC(F)F. The first-order chi connectivity index (χ1) is 12.0. The number of hydrogen-bond acceptors (Lipinski definition) is 4. The maximum absolute atomic E-state index is 12.5. The second-order valence-corrected chi connectivity index (χ2v) is 6.28. The molecule has 136 valence electrons. The standard InChI is InChI=1S/C18H21BrF2N2O2/c1-23(14-6-4-3-5-7-14)9-8-22-12-13-10-15(19)17(25-18(20)21)16(11-13)24-2/h3-7,10-11,18,22H,8-9,12H2,1-2H3. The molecule has 0 aliphatic heterocycles. The number of ether oxygens (including phenoxy) is 2. The van der Waals surface area contributed by atoms with E-state index in [1.807, 2.05) is 25.2 Å². The molecule has 0 amide bonds. The highest BCUT2D eigenvalue weighted by atomic mass is 79.9. The molecular formula is C18H21BrF2N2O2. The number of methoxy groups -OCH3 is 1. The van der Waals surface area contributed by atoms with Crippen LogP contribution < -0.4 is 19.7 Å². The number of anilines is 1. The van der Waals surface area contributed by atoms with Crippen LogP contribution >= 0.6 is 15.9 Å². The molecule has 0 unspecified atom stereocenters. The molecule has 0 spiro atoms. The molecule has 0 aromatic heterocycles. The summed E-state index contributed by atoms with van der Waals surface area (Å²) < 4.78 is 35.0. The molecule has 2 aromatic rings. The Bertz CT molecular complexity index is 672. The minimum atomic E-state index is -2.90. The van der Waals surface area contributed by atoms with E-state index in [4.69, 9.17) is 4.74 Å². The summed E-state index contributed by atoms with van der Waals surface area (Å²) in [5, 5.41) is 3.33. The van der Waals surface area contributed by atoms with Crippen molar-refractivity contribution in [2.24, 2.45) is 0 Å². The quantitative estimate of drug-likeness (QED) is 0.620. The lowest BCUT2D eigenvalue weighted by Crippen LogP contribution is -2.28. The van der Waals surface area contributed by atoms with E-state index in [1.165, 1.54) is 7.11 Å². The van der Waals surface area contributed by atoms with Gasteiger partial charge in [-0.2, -0.15) is 8.78 Å². The van der Waals surface area contributed by atoms with Crippen LogP contribution in [0, 0.1) is 0 Å². The lowest BCUT2D eigenvalue weighted by Gasteiger charge is -2.19. The van der Waals surface area contributed by atoms with Gasteiger partial charge in [-0.15, -0.1) is 0 Å². The number of para-hydroxylation sites is 1. The van der Waals surface area contributed by atoms with Gasteiger partial charge < -0.3 is 19.7 Å². The molecule has 25 heavy (non-hydrogen) atoms. The summed E-state index contributed by atoms with van der Waals surface area (Å²) in [6.07, 6.45) is 0. The van der Waals surface area contributed by atoms with E-state index in [0.29, 0.717) is 11.0 Å². The highest BCUT2D eigenvalue weighted by Crippen LogP contribution is 2.37. The third-order valence-electron chi connectivity index (χ3n) is 3.65. The average molecular weight is 415 g/mol. The van der Waals surface area contributed by atoms with Gasteiger partial charge >= 0.3 is 6.61 Å². The Morgan fingerprint density at radius 2 is 1.92 bits per heavy atom. The molecule has 0 bridgehead atoms. The lowest BCUT2D eigenvalue weighted by molar-refractivity contribution is -0.0517. The van der Waals surface area contributed by atoms with Gasteiger partial charge in [0.1, 0.15) is 0 Å². The molecule has 4 nitrogen and oxygen atoms in total. The van der Waals surface area contributed by atoms with Gasteiger partial charge in [0.05, 0.1) is 11.6 Å². The van der Waals surface area contributed by atoms with Crippen molar-refractivity contribution in [3.05, 3.63) is 52.5 Å². The van der Waals surface area contributed by atoms with Gasteiger partial charge in [-0.25, -0.2) is 0 Å². The molecule has 0 saturated carbocycles. The number of benzene rings is 2. The van der Waals surface area contributed by atoms with Crippen LogP contribution in [0.1, 0.15) is 5.56 Å². The molecule has 0 atom stereocenters. The molecule has 0 radical (unpaired) electrons. The van der Waals surface area contributed by atoms with Gasteiger partial charge in [0, 0.05) is 32.4 Å². The Kier molecular flexibility index (Phi) is 7.46. The van der Waals surface area contributed by atoms with Crippen LogP contribution in [0.2, 0.25) is 0 Å². The minimum absolute atomic E-state index is 0.00469. The second-order valence-electron chi connectivity index (χ2n) is 5.42. The number of alkyl halides is 2. The molecule has 0 aliphatic rings. The maximum Gasteiger partial charge on any atom is 0.387 e. The van der Waals surface area contributed by atoms with E-state index >= 15 is 0 Å². The van der Waals surface area contributed by atoms with Crippen LogP contribution in [-0.2, 0) is 6.54 Å². The highest BCUT2D eigenvalue weighted by molar-refractivity contribution is 9.10. The van der Waals surface area contributed by atoms with Crippen LogP contribution in [0.3, 0.4) is 0 Å². The Labute approximate surface area is 154 Å². The fraction of sp³-hybridized carbons (Fsp3) is 0.333. The minimum Gasteiger partial charge on any atom is -0.493 e. The Morgan fingerprint density at radius 3 is 2.56 bits per heavy atom. The predicted molar refractivity (Wildman–Crippen MR) is 98.7 cm³/mol. The van der Waals surface area contributed by atoms with E-state index in [0.717, 1.165) is 24.3 Å². The largest absolute Gasteiger partial charge is 0.493 e. The van der Waals surface area contributed by atoms with E-state index in [9.17, 15) is 8.78 Å². The molecule has 0 fully saturated rings. The summed E-state index contributed by atoms with van der Waals surface area (Å²) in [5.74, 6) is 0.276. The summed E-state index contributed by atoms with van der Waals surface area (Å²) in [7, 11) is 3.46. The van der Waals surface area contributed by atoms with Crippen molar-refractivity contribution in [2.75, 3.05) is 32.1 Å². The van der Waals surface area contributed by atoms with Crippen LogP contribution in [-0.4, -0.2) is 33.9 Å². The fourth-order valence-corrected chi connectivity index (χ4v) is 2.95. The zero-order chi connectivity index (χ0) is 18.2. The van der Waals surface area contributed by atoms with E-state index in [1.54, 1.807) is 12.1 Å². The zero-order valence-electron chi connectivity index (χ0n) is 14.1. The predicted octanol–water partition coefficient (Wildman–Crippen LogP) is 4.29. The second kappa shape index (κ2) is 9.58. The summed E-state index contributed by atoms with van der Waals surface area (Å²) in [6, 6.07) is 13.6. The normalized spacial score (nSPS) is 10.8. The van der Waals surface area contributed by atoms with Crippen molar-refractivity contribution in [1.29, 1.82) is 0 Å². The van der Waals surface area contributed by atoms with Gasteiger partial charge in [0.2, 0.25) is 0 Å². The van der Waals surface area contributed by atoms with Crippen molar-refractivity contribution in [1.82, 2.24) is 5.32 Å². The molecular weight excluding hydrogens is 394 g/mol. The van der Waals surface area contributed by atoms with Crippen LogP contribution in [0.15, 0.2) is 46.9 Å². The Morgan fingerprint density at radius 1 is 1.20 bits per heavy atom. The van der Waals surface area contributed by atoms with Crippen LogP contribution in [0.4, 0.5) is 14.5 Å². The number of rotatable bonds is 9. The lowest BCUT2D eigenvalue weighted by atomic mass is 10.2. The first-order valence-electron chi connectivity index (χ1n) is 7.79. The number of nitrogens with one attached hydrogen (secondary N) is 1. The van der Waals surface area contributed by atoms with Crippen molar-refractivity contribution >= 4 is 21.6 Å². The summed E-state index contributed by atoms with van der Waals surface area (Å²) in [4.78, 5) is 2.16. The summed E-state index contributed by atoms with van der Waals surface area (Å²) >= 11 is 3.26. The first kappa shape index (κ1) is 19.5. The van der Waals surface area contributed by atoms with Gasteiger partial charge in [-0.3, -0.25) is 0 Å². The van der Waals surface area contributed by atoms with Crippen molar-refractivity contribution in [3.8, 4) is 11.5 Å². The smallest absolute Gasteiger partial charge is 0.387 e. The Balaban J connectivity index is 1.89. The molecule has 2 aromatic carbocycles. The monoisotopic (exact) mass is 414 g/mol. The molecule has 0 heterocycles. The van der Waals surface area contributed by atoms with Gasteiger partial charge in [0.15, 0.2) is 11.5 Å². The molecule has 7 heteroatoms. The van der Waals surface area contributed by atoms with E-state index in [2.05, 4.69) is 43.0 Å². The van der Waals surface area contributed by atoms with Gasteiger partial charge in [0.25, 0.3) is 0 Å². The zero-order valence-corrected chi connectivity index (χ0v) is 15.7. The number of halogens is 3. The molecule has 0 saturated heterocycles. The van der Waals surface area contributed by atoms with Crippen molar-refractivity contribution in [2.45, 2.75) is 13.2 Å². The van der Waals surface area contributed by atoms with Crippen LogP contribution in [0.25, 0.3) is 0 Å². The number of hydrogen-bond donors (Lipinski definition) is 1. The third kappa shape index (κ3) is 5.86. The summed E-state index contributed by atoms with van der Waals surface area (Å²) in [5.41, 5.74) is 2.06. The van der Waals surface area contributed by atoms with E-state index < -0.39 is 6.61 Å². The number of likely N-dealkylation sites (N-methyl/N-ethyl adjacent to an activating group) is 1. The van der Waals surface area contributed by atoms with Gasteiger partial charge in [-0.1, -0.05) is 18.2 Å². The molecule has 2 rings (SSSR count). The van der Waals surface area contributed by atoms with Crippen molar-refractivity contribution < 1.29 is 18.3 Å². The average Bonchev–Trinajstić information content (AvgIpc) is 2.61. The molecule has 0 aliphatic carbocycles. The molecule has 1 N–H and O–H groups in total. The van der Waals surface area contributed by atoms with Gasteiger partial charge in [-0.05, 0) is 45.8 Å². The van der Waals surface area contributed by atoms with E-state index in [-0.39, 0.29) is 11.5 Å². The third-order valence-corrected chi connectivity index (χ3v) is 4.24. The first-order valence-corrected chi connectivity index (χ1v) is 8.58. The summed E-state index contributed by atoms with van der Waals surface area (Å²) in [6.45, 7) is -0.690. The highest BCUT2D eigenvalue weighted by Gasteiger charge is 2.15. The Hall–Kier alpha value is -1.86.